The van der Waals surface area contributed by atoms with Crippen LogP contribution in [0.5, 0.6) is 0 Å². The van der Waals surface area contributed by atoms with Crippen molar-refractivity contribution in [2.24, 2.45) is 0 Å². The number of ether oxygens (including phenoxy) is 1. The zero-order chi connectivity index (χ0) is 13.5. The molecule has 0 unspecified atom stereocenters. The second kappa shape index (κ2) is 6.98. The first kappa shape index (κ1) is 13.7. The predicted octanol–water partition coefficient (Wildman–Crippen LogP) is 3.10. The van der Waals surface area contributed by atoms with Crippen molar-refractivity contribution < 1.29 is 9.53 Å². The van der Waals surface area contributed by atoms with Gasteiger partial charge in [-0.2, -0.15) is 0 Å². The van der Waals surface area contributed by atoms with Crippen molar-refractivity contribution in [3.05, 3.63) is 41.5 Å². The molecule has 0 amide bonds. The maximum absolute atomic E-state index is 11.2. The highest BCUT2D eigenvalue weighted by atomic mass is 16.5. The largest absolute Gasteiger partial charge is 0.463 e. The molecule has 0 aliphatic heterocycles. The Bertz CT molecular complexity index is 466. The quantitative estimate of drug-likeness (QED) is 0.652. The monoisotopic (exact) mass is 259 g/mol. The highest BCUT2D eigenvalue weighted by Crippen LogP contribution is 2.27. The van der Waals surface area contributed by atoms with Gasteiger partial charge in [0.05, 0.1) is 6.61 Å². The standard InChI is InChI=1S/C16H21NO2/c1-2-19-16(18)11-6-12-17-15-10-5-8-13-7-3-4-9-14(13)15/h5-6,8,10-11,17H,2-4,7,9,12H2,1H3/b11-6+. The van der Waals surface area contributed by atoms with Crippen molar-refractivity contribution in [1.29, 1.82) is 0 Å². The van der Waals surface area contributed by atoms with E-state index in [0.717, 1.165) is 6.42 Å². The fraction of sp³-hybridized carbons (Fsp3) is 0.438. The van der Waals surface area contributed by atoms with E-state index < -0.39 is 0 Å². The van der Waals surface area contributed by atoms with Gasteiger partial charge in [0.2, 0.25) is 0 Å². The highest BCUT2D eigenvalue weighted by Gasteiger charge is 2.11. The van der Waals surface area contributed by atoms with Crippen molar-refractivity contribution in [3.8, 4) is 0 Å². The third-order valence-corrected chi connectivity index (χ3v) is 3.35. The molecule has 2 rings (SSSR count). The molecule has 0 saturated carbocycles. The number of fused-ring (bicyclic) bond motifs is 1. The smallest absolute Gasteiger partial charge is 0.330 e. The average Bonchev–Trinajstić information content (AvgIpc) is 2.44. The van der Waals surface area contributed by atoms with Crippen molar-refractivity contribution in [2.75, 3.05) is 18.5 Å². The van der Waals surface area contributed by atoms with Crippen molar-refractivity contribution in [3.63, 3.8) is 0 Å². The maximum Gasteiger partial charge on any atom is 0.330 e. The van der Waals surface area contributed by atoms with Crippen LogP contribution >= 0.6 is 0 Å². The van der Waals surface area contributed by atoms with Gasteiger partial charge in [0.1, 0.15) is 0 Å². The molecule has 3 heteroatoms. The topological polar surface area (TPSA) is 38.3 Å². The first-order valence-electron chi connectivity index (χ1n) is 6.99. The molecule has 0 bridgehead atoms. The van der Waals surface area contributed by atoms with Gasteiger partial charge in [-0.15, -0.1) is 0 Å². The number of hydrogen-bond donors (Lipinski definition) is 1. The van der Waals surface area contributed by atoms with Crippen LogP contribution in [0.2, 0.25) is 0 Å². The van der Waals surface area contributed by atoms with Gasteiger partial charge in [0.25, 0.3) is 0 Å². The minimum Gasteiger partial charge on any atom is -0.463 e. The summed E-state index contributed by atoms with van der Waals surface area (Å²) < 4.78 is 4.83. The minimum absolute atomic E-state index is 0.278. The average molecular weight is 259 g/mol. The van der Waals surface area contributed by atoms with Gasteiger partial charge >= 0.3 is 5.97 Å². The van der Waals surface area contributed by atoms with Gasteiger partial charge in [-0.3, -0.25) is 0 Å². The second-order valence-corrected chi connectivity index (χ2v) is 4.69. The lowest BCUT2D eigenvalue weighted by Gasteiger charge is -2.19. The Morgan fingerprint density at radius 2 is 2.21 bits per heavy atom. The molecule has 1 N–H and O–H groups in total. The molecule has 0 atom stereocenters. The van der Waals surface area contributed by atoms with Crippen LogP contribution in [0, 0.1) is 0 Å². The molecular formula is C16H21NO2. The van der Waals surface area contributed by atoms with Crippen molar-refractivity contribution in [1.82, 2.24) is 0 Å². The Hall–Kier alpha value is -1.77. The Morgan fingerprint density at radius 1 is 1.37 bits per heavy atom. The zero-order valence-electron chi connectivity index (χ0n) is 11.4. The molecule has 1 aromatic rings. The number of esters is 1. The first-order valence-corrected chi connectivity index (χ1v) is 6.99. The molecule has 19 heavy (non-hydrogen) atoms. The molecular weight excluding hydrogens is 238 g/mol. The van der Waals surface area contributed by atoms with Gasteiger partial charge in [-0.05, 0) is 49.8 Å². The lowest BCUT2D eigenvalue weighted by atomic mass is 9.90. The molecule has 0 fully saturated rings. The third kappa shape index (κ3) is 3.85. The molecule has 0 spiro atoms. The summed E-state index contributed by atoms with van der Waals surface area (Å²) in [5.41, 5.74) is 4.11. The first-order chi connectivity index (χ1) is 9.31. The fourth-order valence-electron chi connectivity index (χ4n) is 2.46. The lowest BCUT2D eigenvalue weighted by molar-refractivity contribution is -0.137. The summed E-state index contributed by atoms with van der Waals surface area (Å²) in [6, 6.07) is 6.43. The normalized spacial score (nSPS) is 14.2. The van der Waals surface area contributed by atoms with Gasteiger partial charge in [-0.1, -0.05) is 18.2 Å². The van der Waals surface area contributed by atoms with Crippen LogP contribution in [-0.4, -0.2) is 19.1 Å². The summed E-state index contributed by atoms with van der Waals surface area (Å²) >= 11 is 0. The molecule has 1 aliphatic rings. The number of rotatable bonds is 5. The number of aryl methyl sites for hydroxylation is 1. The summed E-state index contributed by atoms with van der Waals surface area (Å²) in [7, 11) is 0. The molecule has 1 aromatic carbocycles. The van der Waals surface area contributed by atoms with Crippen LogP contribution in [0.4, 0.5) is 5.69 Å². The number of benzene rings is 1. The fourth-order valence-corrected chi connectivity index (χ4v) is 2.46. The summed E-state index contributed by atoms with van der Waals surface area (Å²) in [6.07, 6.45) is 8.18. The van der Waals surface area contributed by atoms with Crippen LogP contribution in [0.3, 0.4) is 0 Å². The third-order valence-electron chi connectivity index (χ3n) is 3.35. The summed E-state index contributed by atoms with van der Waals surface area (Å²) in [4.78, 5) is 11.2. The van der Waals surface area contributed by atoms with Crippen LogP contribution in [-0.2, 0) is 22.4 Å². The van der Waals surface area contributed by atoms with E-state index in [4.69, 9.17) is 4.74 Å². The van der Waals surface area contributed by atoms with Gasteiger partial charge < -0.3 is 10.1 Å². The number of carbonyl (C=O) groups is 1. The second-order valence-electron chi connectivity index (χ2n) is 4.69. The van der Waals surface area contributed by atoms with Gasteiger partial charge in [0, 0.05) is 18.3 Å². The van der Waals surface area contributed by atoms with Crippen molar-refractivity contribution in [2.45, 2.75) is 32.6 Å². The van der Waals surface area contributed by atoms with Crippen molar-refractivity contribution >= 4 is 11.7 Å². The number of nitrogens with one attached hydrogen (secondary N) is 1. The van der Waals surface area contributed by atoms with E-state index in [1.807, 2.05) is 0 Å². The van der Waals surface area contributed by atoms with Gasteiger partial charge in [0.15, 0.2) is 0 Å². The molecule has 0 radical (unpaired) electrons. The SMILES string of the molecule is CCOC(=O)/C=C/CNc1cccc2c1CCCC2. The van der Waals surface area contributed by atoms with E-state index in [2.05, 4.69) is 23.5 Å². The van der Waals surface area contributed by atoms with E-state index in [-0.39, 0.29) is 5.97 Å². The lowest BCUT2D eigenvalue weighted by Crippen LogP contribution is -2.09. The van der Waals surface area contributed by atoms with E-state index in [1.54, 1.807) is 13.0 Å². The predicted molar refractivity (Wildman–Crippen MR) is 77.3 cm³/mol. The molecule has 0 saturated heterocycles. The van der Waals surface area contributed by atoms with E-state index in [0.29, 0.717) is 13.2 Å². The molecule has 1 aliphatic carbocycles. The summed E-state index contributed by atoms with van der Waals surface area (Å²) in [5, 5.41) is 3.38. The number of hydrogen-bond acceptors (Lipinski definition) is 3. The number of anilines is 1. The van der Waals surface area contributed by atoms with Gasteiger partial charge in [-0.25, -0.2) is 4.79 Å². The number of carbonyl (C=O) groups excluding carboxylic acids is 1. The van der Waals surface area contributed by atoms with Crippen LogP contribution < -0.4 is 5.32 Å². The summed E-state index contributed by atoms with van der Waals surface area (Å²) in [6.45, 7) is 2.87. The molecule has 0 aromatic heterocycles. The Morgan fingerprint density at radius 3 is 3.05 bits per heavy atom. The van der Waals surface area contributed by atoms with E-state index in [9.17, 15) is 4.79 Å². The van der Waals surface area contributed by atoms with E-state index in [1.165, 1.54) is 42.2 Å². The summed E-state index contributed by atoms with van der Waals surface area (Å²) in [5.74, 6) is -0.278. The van der Waals surface area contributed by atoms with E-state index >= 15 is 0 Å². The molecule has 0 heterocycles. The van der Waals surface area contributed by atoms with Crippen LogP contribution in [0.1, 0.15) is 30.9 Å². The minimum atomic E-state index is -0.278. The van der Waals surface area contributed by atoms with Crippen LogP contribution in [0.25, 0.3) is 0 Å². The Labute approximate surface area is 114 Å². The Kier molecular flexibility index (Phi) is 5.01. The van der Waals surface area contributed by atoms with Crippen LogP contribution in [0.15, 0.2) is 30.4 Å². The molecule has 102 valence electrons. The Balaban J connectivity index is 1.91. The zero-order valence-corrected chi connectivity index (χ0v) is 11.4. The maximum atomic E-state index is 11.2. The highest BCUT2D eigenvalue weighted by molar-refractivity contribution is 5.81. The molecule has 3 nitrogen and oxygen atoms in total.